The van der Waals surface area contributed by atoms with E-state index in [-0.39, 0.29) is 35.6 Å². The van der Waals surface area contributed by atoms with Crippen molar-refractivity contribution in [2.75, 3.05) is 6.54 Å². The molecule has 1 aliphatic heterocycles. The van der Waals surface area contributed by atoms with Crippen molar-refractivity contribution in [3.8, 4) is 5.75 Å². The van der Waals surface area contributed by atoms with Crippen molar-refractivity contribution >= 4 is 35.6 Å². The van der Waals surface area contributed by atoms with Gasteiger partial charge in [0, 0.05) is 36.8 Å². The number of hydrogen-bond donors (Lipinski definition) is 1. The fourth-order valence-corrected chi connectivity index (χ4v) is 7.17. The number of Topliss-reactive ketones (excluding diaryl/α,β-unsaturated/α-hetero) is 3. The number of ether oxygens (including phenoxy) is 1. The van der Waals surface area contributed by atoms with Gasteiger partial charge in [-0.15, -0.1) is 0 Å². The molecule has 4 unspecified atom stereocenters. The maximum Gasteiger partial charge on any atom is 0.387 e. The molecule has 1 heterocycles. The minimum atomic E-state index is -2.87. The average Bonchev–Trinajstić information content (AvgIpc) is 3.75. The molecular formula is C41H63F2NO6. The van der Waals surface area contributed by atoms with Gasteiger partial charge in [-0.05, 0) is 74.6 Å². The molecule has 0 spiro atoms. The van der Waals surface area contributed by atoms with Crippen LogP contribution in [0.2, 0.25) is 0 Å². The number of benzene rings is 1. The van der Waals surface area contributed by atoms with Crippen molar-refractivity contribution in [3.05, 3.63) is 34.9 Å². The summed E-state index contributed by atoms with van der Waals surface area (Å²) >= 11 is 0. The first kappa shape index (κ1) is 44.8. The second-order valence-electron chi connectivity index (χ2n) is 13.6. The van der Waals surface area contributed by atoms with Crippen LogP contribution in [0.3, 0.4) is 0 Å². The van der Waals surface area contributed by atoms with E-state index in [0.717, 1.165) is 43.1 Å². The molecule has 1 saturated heterocycles. The van der Waals surface area contributed by atoms with Gasteiger partial charge < -0.3 is 14.8 Å². The van der Waals surface area contributed by atoms with Gasteiger partial charge in [0.15, 0.2) is 11.6 Å². The molecule has 3 aliphatic rings. The van der Waals surface area contributed by atoms with Gasteiger partial charge in [-0.25, -0.2) is 0 Å². The number of alkyl halides is 2. The average molecular weight is 704 g/mol. The minimum Gasteiger partial charge on any atom is -0.434 e. The van der Waals surface area contributed by atoms with Gasteiger partial charge in [0.25, 0.3) is 0 Å². The van der Waals surface area contributed by atoms with Crippen LogP contribution in [0.1, 0.15) is 143 Å². The van der Waals surface area contributed by atoms with Gasteiger partial charge in [0.1, 0.15) is 12.0 Å². The summed E-state index contributed by atoms with van der Waals surface area (Å²) < 4.78 is 28.9. The van der Waals surface area contributed by atoms with Gasteiger partial charge in [0.05, 0.1) is 0 Å². The minimum absolute atomic E-state index is 0.0407. The lowest BCUT2D eigenvalue weighted by atomic mass is 9.81. The maximum atomic E-state index is 12.4. The Balaban J connectivity index is 0.000000394. The summed E-state index contributed by atoms with van der Waals surface area (Å²) in [5.74, 6) is 0.732. The summed E-state index contributed by atoms with van der Waals surface area (Å²) in [6.07, 6.45) is 16.4. The molecule has 50 heavy (non-hydrogen) atoms. The molecule has 2 saturated carbocycles. The van der Waals surface area contributed by atoms with Crippen molar-refractivity contribution in [2.24, 2.45) is 29.6 Å². The molecule has 2 aliphatic carbocycles. The number of aryl methyl sites for hydroxylation is 1. The smallest absolute Gasteiger partial charge is 0.387 e. The van der Waals surface area contributed by atoms with Crippen LogP contribution in [-0.2, 0) is 24.0 Å². The lowest BCUT2D eigenvalue weighted by Crippen LogP contribution is -2.30. The van der Waals surface area contributed by atoms with Gasteiger partial charge in [-0.2, -0.15) is 8.78 Å². The number of carbonyl (C=O) groups is 5. The van der Waals surface area contributed by atoms with Crippen molar-refractivity contribution in [2.45, 2.75) is 145 Å². The molecule has 0 bridgehead atoms. The molecule has 0 radical (unpaired) electrons. The van der Waals surface area contributed by atoms with Crippen LogP contribution in [0.4, 0.5) is 8.78 Å². The SMILES string of the molecule is CC.CC(=O)/C(C)=C/c1c(C)cccc1OC(F)F.CCC1CCCC1CC.O=CCC(CC1CCNC1=O)C(=O)C(=O)CC1CCCCC1. The lowest BCUT2D eigenvalue weighted by molar-refractivity contribution is -0.140. The Morgan fingerprint density at radius 3 is 2.06 bits per heavy atom. The van der Waals surface area contributed by atoms with Crippen molar-refractivity contribution in [1.29, 1.82) is 0 Å². The number of nitrogens with one attached hydrogen (secondary N) is 1. The van der Waals surface area contributed by atoms with Crippen LogP contribution in [0.15, 0.2) is 23.8 Å². The van der Waals surface area contributed by atoms with Crippen LogP contribution in [0.5, 0.6) is 5.75 Å². The Bertz CT molecular complexity index is 1230. The van der Waals surface area contributed by atoms with Crippen LogP contribution in [0.25, 0.3) is 6.08 Å². The van der Waals surface area contributed by atoms with Crippen LogP contribution in [-0.4, -0.2) is 42.7 Å². The highest BCUT2D eigenvalue weighted by molar-refractivity contribution is 6.38. The second kappa shape index (κ2) is 24.8. The number of ketones is 3. The number of rotatable bonds is 14. The van der Waals surface area contributed by atoms with E-state index < -0.39 is 18.3 Å². The number of amides is 1. The third-order valence-electron chi connectivity index (χ3n) is 10.2. The van der Waals surface area contributed by atoms with Crippen molar-refractivity contribution in [1.82, 2.24) is 5.32 Å². The Labute approximate surface area is 299 Å². The Hall–Kier alpha value is -3.23. The summed E-state index contributed by atoms with van der Waals surface area (Å²) in [5, 5.41) is 2.73. The molecule has 1 N–H and O–H groups in total. The van der Waals surface area contributed by atoms with Crippen molar-refractivity contribution in [3.63, 3.8) is 0 Å². The van der Waals surface area contributed by atoms with Crippen LogP contribution in [0, 0.1) is 36.5 Å². The van der Waals surface area contributed by atoms with E-state index in [2.05, 4.69) is 23.9 Å². The second-order valence-corrected chi connectivity index (χ2v) is 13.6. The molecular weight excluding hydrogens is 640 g/mol. The van der Waals surface area contributed by atoms with E-state index in [1.165, 1.54) is 51.5 Å². The summed E-state index contributed by atoms with van der Waals surface area (Å²) in [6.45, 7) is 11.2. The predicted molar refractivity (Wildman–Crippen MR) is 196 cm³/mol. The van der Waals surface area contributed by atoms with E-state index >= 15 is 0 Å². The quantitative estimate of drug-likeness (QED) is 0.118. The highest BCUT2D eigenvalue weighted by Gasteiger charge is 2.33. The van der Waals surface area contributed by atoms with Gasteiger partial charge >= 0.3 is 6.61 Å². The number of halogens is 2. The molecule has 1 amide bonds. The number of allylic oxidation sites excluding steroid dienone is 1. The number of carbonyl (C=O) groups excluding carboxylic acids is 5. The first-order chi connectivity index (χ1) is 23.9. The standard InChI is InChI=1S/C17H25NO4.C13H14F2O2.C9H18.C2H6/c19-9-7-13(11-14-6-8-18-17(14)22)16(21)15(20)10-12-4-2-1-3-5-12;1-8-5-4-6-12(17-13(14)15)11(8)7-9(2)10(3)16;1-3-8-6-5-7-9(8)4-2;1-2/h9,12-14H,1-8,10-11H2,(H,18,22);4-7,13H,1-3H3;8-9H,3-7H2,1-2H3;1-2H3/b;9-7+;;. The zero-order valence-electron chi connectivity index (χ0n) is 31.7. The summed E-state index contributed by atoms with van der Waals surface area (Å²) in [5.41, 5.74) is 1.79. The van der Waals surface area contributed by atoms with E-state index in [4.69, 9.17) is 0 Å². The molecule has 1 aromatic rings. The largest absolute Gasteiger partial charge is 0.434 e. The predicted octanol–water partition coefficient (Wildman–Crippen LogP) is 9.66. The summed E-state index contributed by atoms with van der Waals surface area (Å²) in [7, 11) is 0. The fraction of sp³-hybridized carbons (Fsp3) is 0.683. The highest BCUT2D eigenvalue weighted by atomic mass is 19.3. The molecule has 1 aromatic carbocycles. The van der Waals surface area contributed by atoms with E-state index in [1.54, 1.807) is 32.1 Å². The Kier molecular flexibility index (Phi) is 22.3. The van der Waals surface area contributed by atoms with Gasteiger partial charge in [0.2, 0.25) is 11.7 Å². The van der Waals surface area contributed by atoms with Crippen molar-refractivity contribution < 1.29 is 37.5 Å². The van der Waals surface area contributed by atoms with Crippen LogP contribution < -0.4 is 10.1 Å². The molecule has 7 nitrogen and oxygen atoms in total. The van der Waals surface area contributed by atoms with Gasteiger partial charge in [-0.1, -0.05) is 104 Å². The molecule has 282 valence electrons. The lowest BCUT2D eigenvalue weighted by Gasteiger charge is -2.21. The molecule has 0 aromatic heterocycles. The monoisotopic (exact) mass is 703 g/mol. The van der Waals surface area contributed by atoms with Gasteiger partial charge in [-0.3, -0.25) is 19.2 Å². The zero-order chi connectivity index (χ0) is 37.6. The van der Waals surface area contributed by atoms with Crippen LogP contribution >= 0.6 is 0 Å². The highest BCUT2D eigenvalue weighted by Crippen LogP contribution is 2.35. The number of hydrogen-bond acceptors (Lipinski definition) is 6. The molecule has 3 fully saturated rings. The first-order valence-electron chi connectivity index (χ1n) is 18.9. The third kappa shape index (κ3) is 15.8. The topological polar surface area (TPSA) is 107 Å². The van der Waals surface area contributed by atoms with E-state index in [0.29, 0.717) is 49.1 Å². The Morgan fingerprint density at radius 2 is 1.56 bits per heavy atom. The maximum absolute atomic E-state index is 12.4. The number of aldehydes is 1. The summed E-state index contributed by atoms with van der Waals surface area (Å²) in [4.78, 5) is 58.2. The zero-order valence-corrected chi connectivity index (χ0v) is 31.7. The summed E-state index contributed by atoms with van der Waals surface area (Å²) in [6, 6.07) is 4.86. The normalized spacial score (nSPS) is 21.0. The first-order valence-corrected chi connectivity index (χ1v) is 18.9. The molecule has 9 heteroatoms. The Morgan fingerprint density at radius 1 is 0.940 bits per heavy atom. The molecule has 4 atom stereocenters. The van der Waals surface area contributed by atoms with E-state index in [1.807, 2.05) is 13.8 Å². The third-order valence-corrected chi connectivity index (χ3v) is 10.2. The fourth-order valence-electron chi connectivity index (χ4n) is 7.17. The molecule has 4 rings (SSSR count). The van der Waals surface area contributed by atoms with E-state index in [9.17, 15) is 32.8 Å².